The first-order valence-corrected chi connectivity index (χ1v) is 10.8. The van der Waals surface area contributed by atoms with E-state index in [0.29, 0.717) is 24.1 Å². The van der Waals surface area contributed by atoms with Crippen LogP contribution >= 0.6 is 0 Å². The first-order chi connectivity index (χ1) is 16.3. The number of carbonyl (C=O) groups is 3. The van der Waals surface area contributed by atoms with Gasteiger partial charge in [-0.1, -0.05) is 59.8 Å². The summed E-state index contributed by atoms with van der Waals surface area (Å²) in [6.07, 6.45) is 0.555. The molecular formula is C24H27N5O5. The van der Waals surface area contributed by atoms with Gasteiger partial charge in [-0.2, -0.15) is 0 Å². The SMILES string of the molecule is N=C(N)c1ccc(C2=NOC(CC(=O)NC[C@H](NC(=O)CCc3ccccc3)C(=O)O)C2)cc1. The van der Waals surface area contributed by atoms with E-state index in [9.17, 15) is 19.5 Å². The summed E-state index contributed by atoms with van der Waals surface area (Å²) in [5, 5.41) is 25.8. The highest BCUT2D eigenvalue weighted by Gasteiger charge is 2.26. The molecule has 34 heavy (non-hydrogen) atoms. The minimum Gasteiger partial charge on any atom is -0.480 e. The fourth-order valence-corrected chi connectivity index (χ4v) is 3.41. The number of nitrogens with one attached hydrogen (secondary N) is 3. The molecule has 1 aliphatic rings. The summed E-state index contributed by atoms with van der Waals surface area (Å²) in [6, 6.07) is 15.1. The van der Waals surface area contributed by atoms with Crippen LogP contribution in [0.25, 0.3) is 0 Å². The number of aryl methyl sites for hydroxylation is 1. The van der Waals surface area contributed by atoms with Crippen molar-refractivity contribution in [3.8, 4) is 0 Å². The highest BCUT2D eigenvalue weighted by Crippen LogP contribution is 2.19. The molecule has 1 aliphatic heterocycles. The maximum Gasteiger partial charge on any atom is 0.328 e. The van der Waals surface area contributed by atoms with E-state index >= 15 is 0 Å². The summed E-state index contributed by atoms with van der Waals surface area (Å²) in [7, 11) is 0. The van der Waals surface area contributed by atoms with Gasteiger partial charge >= 0.3 is 5.97 Å². The van der Waals surface area contributed by atoms with Gasteiger partial charge in [-0.15, -0.1) is 0 Å². The molecule has 2 amide bonds. The van der Waals surface area contributed by atoms with E-state index in [1.165, 1.54) is 0 Å². The van der Waals surface area contributed by atoms with Crippen LogP contribution in [-0.4, -0.2) is 53.1 Å². The van der Waals surface area contributed by atoms with Gasteiger partial charge in [-0.3, -0.25) is 15.0 Å². The molecule has 0 saturated heterocycles. The van der Waals surface area contributed by atoms with Crippen molar-refractivity contribution in [2.24, 2.45) is 10.9 Å². The molecule has 0 fully saturated rings. The van der Waals surface area contributed by atoms with Gasteiger partial charge in [-0.05, 0) is 17.5 Å². The van der Waals surface area contributed by atoms with Gasteiger partial charge < -0.3 is 26.3 Å². The van der Waals surface area contributed by atoms with Gasteiger partial charge in [0.25, 0.3) is 0 Å². The topological polar surface area (TPSA) is 167 Å². The highest BCUT2D eigenvalue weighted by atomic mass is 16.6. The molecule has 6 N–H and O–H groups in total. The number of hydrogen-bond acceptors (Lipinski definition) is 6. The Morgan fingerprint density at radius 1 is 1.12 bits per heavy atom. The van der Waals surface area contributed by atoms with E-state index in [4.69, 9.17) is 16.0 Å². The Morgan fingerprint density at radius 3 is 2.47 bits per heavy atom. The third-order valence-electron chi connectivity index (χ3n) is 5.30. The third kappa shape index (κ3) is 7.16. The average molecular weight is 466 g/mol. The van der Waals surface area contributed by atoms with Crippen LogP contribution in [0.5, 0.6) is 0 Å². The highest BCUT2D eigenvalue weighted by molar-refractivity contribution is 6.02. The predicted molar refractivity (Wildman–Crippen MR) is 125 cm³/mol. The van der Waals surface area contributed by atoms with Gasteiger partial charge in [0.05, 0.1) is 12.1 Å². The smallest absolute Gasteiger partial charge is 0.328 e. The Hall–Kier alpha value is -4.21. The molecule has 2 aromatic rings. The first-order valence-electron chi connectivity index (χ1n) is 10.8. The number of nitrogen functional groups attached to an aromatic ring is 1. The molecule has 0 aliphatic carbocycles. The predicted octanol–water partition coefficient (Wildman–Crippen LogP) is 1.17. The lowest BCUT2D eigenvalue weighted by Crippen LogP contribution is -2.48. The van der Waals surface area contributed by atoms with Crippen molar-refractivity contribution in [3.63, 3.8) is 0 Å². The van der Waals surface area contributed by atoms with Gasteiger partial charge in [0.1, 0.15) is 18.0 Å². The molecule has 1 heterocycles. The van der Waals surface area contributed by atoms with E-state index in [-0.39, 0.29) is 25.2 Å². The largest absolute Gasteiger partial charge is 0.480 e. The standard InChI is InChI=1S/C24H27N5O5/c25-23(26)17-9-7-16(8-10-17)19-12-18(34-29-19)13-22(31)27-14-20(24(32)33)28-21(30)11-6-15-4-2-1-3-5-15/h1-5,7-10,18,20H,6,11-14H2,(H3,25,26)(H,27,31)(H,28,30)(H,32,33)/t18?,20-/m0/s1. The van der Waals surface area contributed by atoms with Crippen LogP contribution in [-0.2, 0) is 25.6 Å². The number of carbonyl (C=O) groups excluding carboxylic acids is 2. The molecule has 10 heteroatoms. The fraction of sp³-hybridized carbons (Fsp3) is 0.292. The zero-order valence-electron chi connectivity index (χ0n) is 18.5. The Kier molecular flexibility index (Phi) is 8.33. The first kappa shape index (κ1) is 24.4. The van der Waals surface area contributed by atoms with E-state index in [1.54, 1.807) is 24.3 Å². The van der Waals surface area contributed by atoms with Crippen molar-refractivity contribution in [2.45, 2.75) is 37.8 Å². The van der Waals surface area contributed by atoms with Gasteiger partial charge in [0.15, 0.2) is 0 Å². The molecule has 1 unspecified atom stereocenters. The number of aliphatic carboxylic acids is 1. The second-order valence-electron chi connectivity index (χ2n) is 7.91. The Morgan fingerprint density at radius 2 is 1.82 bits per heavy atom. The summed E-state index contributed by atoms with van der Waals surface area (Å²) in [5.41, 5.74) is 8.50. The molecule has 0 bridgehead atoms. The van der Waals surface area contributed by atoms with Crippen molar-refractivity contribution >= 4 is 29.3 Å². The summed E-state index contributed by atoms with van der Waals surface area (Å²) < 4.78 is 0. The third-order valence-corrected chi connectivity index (χ3v) is 5.30. The molecule has 3 rings (SSSR count). The van der Waals surface area contributed by atoms with Crippen molar-refractivity contribution in [3.05, 3.63) is 71.3 Å². The number of benzene rings is 2. The number of rotatable bonds is 11. The number of amidine groups is 1. The number of hydrogen-bond donors (Lipinski definition) is 5. The van der Waals surface area contributed by atoms with Crippen molar-refractivity contribution in [1.29, 1.82) is 5.41 Å². The molecule has 2 aromatic carbocycles. The van der Waals surface area contributed by atoms with Crippen LogP contribution in [0.3, 0.4) is 0 Å². The monoisotopic (exact) mass is 465 g/mol. The van der Waals surface area contributed by atoms with Gasteiger partial charge in [-0.25, -0.2) is 4.79 Å². The zero-order valence-corrected chi connectivity index (χ0v) is 18.5. The molecule has 0 saturated carbocycles. The number of nitrogens with zero attached hydrogens (tertiary/aromatic N) is 1. The van der Waals surface area contributed by atoms with E-state index < -0.39 is 29.9 Å². The van der Waals surface area contributed by atoms with Gasteiger partial charge in [0, 0.05) is 24.9 Å². The van der Waals surface area contributed by atoms with Crippen LogP contribution in [0.1, 0.15) is 36.0 Å². The summed E-state index contributed by atoms with van der Waals surface area (Å²) in [6.45, 7) is -0.238. The Bertz CT molecular complexity index is 1070. The molecule has 0 aromatic heterocycles. The molecule has 2 atom stereocenters. The summed E-state index contributed by atoms with van der Waals surface area (Å²) in [4.78, 5) is 41.3. The number of carboxylic acid groups (broad SMARTS) is 1. The maximum absolute atomic E-state index is 12.3. The number of nitrogens with two attached hydrogens (primary N) is 1. The quantitative estimate of drug-likeness (QED) is 0.247. The van der Waals surface area contributed by atoms with Crippen molar-refractivity contribution < 1.29 is 24.3 Å². The second kappa shape index (κ2) is 11.6. The van der Waals surface area contributed by atoms with Crippen LogP contribution < -0.4 is 16.4 Å². The lowest BCUT2D eigenvalue weighted by molar-refractivity contribution is -0.141. The molecule has 178 valence electrons. The van der Waals surface area contributed by atoms with E-state index in [1.807, 2.05) is 30.3 Å². The number of oxime groups is 1. The Labute approximate surface area is 196 Å². The average Bonchev–Trinajstić information content (AvgIpc) is 3.29. The number of carboxylic acids is 1. The summed E-state index contributed by atoms with van der Waals surface area (Å²) >= 11 is 0. The lowest BCUT2D eigenvalue weighted by Gasteiger charge is -2.16. The summed E-state index contributed by atoms with van der Waals surface area (Å²) in [5.74, 6) is -2.07. The molecule has 10 nitrogen and oxygen atoms in total. The van der Waals surface area contributed by atoms with E-state index in [2.05, 4.69) is 15.8 Å². The van der Waals surface area contributed by atoms with Crippen molar-refractivity contribution in [2.75, 3.05) is 6.54 Å². The van der Waals surface area contributed by atoms with E-state index in [0.717, 1.165) is 11.1 Å². The normalized spacial score (nSPS) is 15.5. The van der Waals surface area contributed by atoms with Crippen LogP contribution in [0.15, 0.2) is 59.8 Å². The van der Waals surface area contributed by atoms with Crippen LogP contribution in [0, 0.1) is 5.41 Å². The van der Waals surface area contributed by atoms with Crippen LogP contribution in [0.4, 0.5) is 0 Å². The second-order valence-corrected chi connectivity index (χ2v) is 7.91. The van der Waals surface area contributed by atoms with Crippen molar-refractivity contribution in [1.82, 2.24) is 10.6 Å². The minimum absolute atomic E-state index is 0.00712. The zero-order chi connectivity index (χ0) is 24.5. The maximum atomic E-state index is 12.3. The lowest BCUT2D eigenvalue weighted by atomic mass is 10.0. The fourth-order valence-electron chi connectivity index (χ4n) is 3.41. The molecule has 0 spiro atoms. The Balaban J connectivity index is 1.41. The number of amides is 2. The molecular weight excluding hydrogens is 438 g/mol. The molecule has 0 radical (unpaired) electrons. The minimum atomic E-state index is -1.23. The van der Waals surface area contributed by atoms with Gasteiger partial charge in [0.2, 0.25) is 11.8 Å². The van der Waals surface area contributed by atoms with Crippen LogP contribution in [0.2, 0.25) is 0 Å².